The maximum absolute atomic E-state index is 12.7. The van der Waals surface area contributed by atoms with E-state index in [1.54, 1.807) is 26.0 Å². The van der Waals surface area contributed by atoms with Crippen molar-refractivity contribution in [2.24, 2.45) is 7.05 Å². The minimum absolute atomic E-state index is 0.147. The molecule has 0 spiro atoms. The van der Waals surface area contributed by atoms with Gasteiger partial charge in [-0.1, -0.05) is 12.1 Å². The van der Waals surface area contributed by atoms with Crippen LogP contribution < -0.4 is 10.2 Å². The second-order valence-corrected chi connectivity index (χ2v) is 7.99. The minimum Gasteiger partial charge on any atom is -0.470 e. The lowest BCUT2D eigenvalue weighted by molar-refractivity contribution is -0.0292. The summed E-state index contributed by atoms with van der Waals surface area (Å²) in [4.78, 5) is 12.7. The van der Waals surface area contributed by atoms with Crippen molar-refractivity contribution in [2.45, 2.75) is 32.0 Å². The molecular weight excluding hydrogens is 318 g/mol. The maximum atomic E-state index is 12.7. The Kier molecular flexibility index (Phi) is 3.53. The van der Waals surface area contributed by atoms with E-state index in [2.05, 4.69) is 0 Å². The molecule has 2 heterocycles. The number of fused-ring (bicyclic) bond motifs is 2. The largest absolute Gasteiger partial charge is 0.470 e. The van der Waals surface area contributed by atoms with Crippen LogP contribution in [0.5, 0.6) is 5.88 Å². The predicted molar refractivity (Wildman–Crippen MR) is 87.3 cm³/mol. The van der Waals surface area contributed by atoms with Gasteiger partial charge >= 0.3 is 0 Å². The maximum Gasteiger partial charge on any atom is 0.264 e. The third-order valence-electron chi connectivity index (χ3n) is 4.16. The Morgan fingerprint density at radius 1 is 1.30 bits per heavy atom. The summed E-state index contributed by atoms with van der Waals surface area (Å²) in [7, 11) is -1.82. The van der Waals surface area contributed by atoms with E-state index in [1.165, 1.54) is 0 Å². The molecular formula is C16H19NO5S. The molecule has 0 unspecified atom stereocenters. The van der Waals surface area contributed by atoms with Crippen LogP contribution in [-0.2, 0) is 27.8 Å². The molecule has 3 rings (SSSR count). The molecule has 1 aliphatic rings. The number of pyridine rings is 1. The molecule has 7 heteroatoms. The Morgan fingerprint density at radius 3 is 2.61 bits per heavy atom. The van der Waals surface area contributed by atoms with E-state index in [4.69, 9.17) is 8.92 Å². The van der Waals surface area contributed by atoms with Crippen molar-refractivity contribution in [1.82, 2.24) is 4.57 Å². The summed E-state index contributed by atoms with van der Waals surface area (Å²) >= 11 is 0. The minimum atomic E-state index is -3.65. The molecule has 0 radical (unpaired) electrons. The van der Waals surface area contributed by atoms with Crippen molar-refractivity contribution < 1.29 is 17.3 Å². The molecule has 124 valence electrons. The van der Waals surface area contributed by atoms with E-state index in [-0.39, 0.29) is 11.8 Å². The first kappa shape index (κ1) is 16.0. The molecule has 0 N–H and O–H groups in total. The summed E-state index contributed by atoms with van der Waals surface area (Å²) in [5.74, 6) is 0.465. The Morgan fingerprint density at radius 2 is 1.96 bits per heavy atom. The standard InChI is InChI=1S/C16H19NO5S/c1-16(2)13(22-23(4,19)20)9-11-14(18)10-7-5-6-8-12(10)17(3)15(11)21-16/h5-8,13H,9H2,1-4H3/t13-/m0/s1. The SMILES string of the molecule is Cn1c2c(c(=O)c3ccccc31)C[C@H](OS(C)(=O)=O)C(C)(C)O2. The second-order valence-electron chi connectivity index (χ2n) is 6.39. The summed E-state index contributed by atoms with van der Waals surface area (Å²) in [5.41, 5.74) is 0.197. The molecule has 23 heavy (non-hydrogen) atoms. The summed E-state index contributed by atoms with van der Waals surface area (Å²) in [5, 5.41) is 0.579. The number of para-hydroxylation sites is 1. The number of rotatable bonds is 2. The number of aromatic nitrogens is 1. The topological polar surface area (TPSA) is 74.6 Å². The monoisotopic (exact) mass is 337 g/mol. The summed E-state index contributed by atoms with van der Waals surface area (Å²) < 4.78 is 36.0. The normalized spacial score (nSPS) is 20.1. The van der Waals surface area contributed by atoms with Gasteiger partial charge in [0.15, 0.2) is 5.43 Å². The highest BCUT2D eigenvalue weighted by molar-refractivity contribution is 7.86. The van der Waals surface area contributed by atoms with Crippen LogP contribution in [0, 0.1) is 0 Å². The van der Waals surface area contributed by atoms with Crippen molar-refractivity contribution in [3.8, 4) is 5.88 Å². The van der Waals surface area contributed by atoms with Crippen LogP contribution in [0.2, 0.25) is 0 Å². The lowest BCUT2D eigenvalue weighted by Crippen LogP contribution is -2.50. The van der Waals surface area contributed by atoms with Gasteiger partial charge in [0.05, 0.1) is 17.3 Å². The number of nitrogens with zero attached hydrogens (tertiary/aromatic N) is 1. The number of benzene rings is 1. The van der Waals surface area contributed by atoms with Gasteiger partial charge in [-0.05, 0) is 26.0 Å². The molecule has 0 fully saturated rings. The Hall–Kier alpha value is -1.86. The van der Waals surface area contributed by atoms with Crippen molar-refractivity contribution >= 4 is 21.0 Å². The fraction of sp³-hybridized carbons (Fsp3) is 0.438. The average molecular weight is 337 g/mol. The summed E-state index contributed by atoms with van der Waals surface area (Å²) in [6, 6.07) is 7.27. The number of hydrogen-bond donors (Lipinski definition) is 0. The lowest BCUT2D eigenvalue weighted by atomic mass is 9.91. The Balaban J connectivity index is 2.22. The number of ether oxygens (including phenoxy) is 1. The smallest absolute Gasteiger partial charge is 0.264 e. The van der Waals surface area contributed by atoms with E-state index in [1.807, 2.05) is 23.7 Å². The zero-order chi connectivity index (χ0) is 17.0. The fourth-order valence-electron chi connectivity index (χ4n) is 2.95. The van der Waals surface area contributed by atoms with Gasteiger partial charge in [0.25, 0.3) is 10.1 Å². The van der Waals surface area contributed by atoms with Gasteiger partial charge in [0, 0.05) is 18.9 Å². The molecule has 0 saturated carbocycles. The molecule has 1 atom stereocenters. The molecule has 0 saturated heterocycles. The van der Waals surface area contributed by atoms with Crippen LogP contribution in [0.1, 0.15) is 19.4 Å². The van der Waals surface area contributed by atoms with E-state index in [0.29, 0.717) is 16.8 Å². The van der Waals surface area contributed by atoms with Crippen LogP contribution in [0.25, 0.3) is 10.9 Å². The van der Waals surface area contributed by atoms with E-state index in [9.17, 15) is 13.2 Å². The van der Waals surface area contributed by atoms with Crippen LogP contribution in [0.3, 0.4) is 0 Å². The fourth-order valence-corrected chi connectivity index (χ4v) is 3.67. The molecule has 1 aromatic carbocycles. The highest BCUT2D eigenvalue weighted by Crippen LogP contribution is 2.35. The third kappa shape index (κ3) is 2.74. The molecule has 6 nitrogen and oxygen atoms in total. The molecule has 0 amide bonds. The molecule has 1 aromatic heterocycles. The van der Waals surface area contributed by atoms with Crippen molar-refractivity contribution in [3.63, 3.8) is 0 Å². The summed E-state index contributed by atoms with van der Waals surface area (Å²) in [6.07, 6.45) is 0.433. The zero-order valence-corrected chi connectivity index (χ0v) is 14.3. The second kappa shape index (κ2) is 5.07. The number of hydrogen-bond acceptors (Lipinski definition) is 5. The highest BCUT2D eigenvalue weighted by Gasteiger charge is 2.42. The van der Waals surface area contributed by atoms with Crippen LogP contribution in [0.15, 0.2) is 29.1 Å². The van der Waals surface area contributed by atoms with Gasteiger partial charge in [-0.25, -0.2) is 0 Å². The van der Waals surface area contributed by atoms with Crippen molar-refractivity contribution in [3.05, 3.63) is 40.1 Å². The van der Waals surface area contributed by atoms with Gasteiger partial charge in [-0.15, -0.1) is 0 Å². The molecule has 0 bridgehead atoms. The molecule has 0 aliphatic carbocycles. The molecule has 2 aromatic rings. The van der Waals surface area contributed by atoms with Crippen molar-refractivity contribution in [2.75, 3.05) is 6.26 Å². The average Bonchev–Trinajstić information content (AvgIpc) is 2.45. The van der Waals surface area contributed by atoms with Crippen LogP contribution in [0.4, 0.5) is 0 Å². The first-order valence-electron chi connectivity index (χ1n) is 7.28. The predicted octanol–water partition coefficient (Wildman–Crippen LogP) is 1.60. The lowest BCUT2D eigenvalue weighted by Gasteiger charge is -2.39. The Labute approximate surface area is 134 Å². The first-order chi connectivity index (χ1) is 10.6. The number of aryl methyl sites for hydroxylation is 1. The van der Waals surface area contributed by atoms with Crippen molar-refractivity contribution in [1.29, 1.82) is 0 Å². The molecule has 1 aliphatic heterocycles. The van der Waals surface area contributed by atoms with Gasteiger partial charge < -0.3 is 9.30 Å². The van der Waals surface area contributed by atoms with Gasteiger partial charge in [0.1, 0.15) is 11.7 Å². The summed E-state index contributed by atoms with van der Waals surface area (Å²) in [6.45, 7) is 3.51. The first-order valence-corrected chi connectivity index (χ1v) is 9.10. The third-order valence-corrected chi connectivity index (χ3v) is 4.74. The van der Waals surface area contributed by atoms with Gasteiger partial charge in [-0.3, -0.25) is 8.98 Å². The quantitative estimate of drug-likeness (QED) is 0.778. The van der Waals surface area contributed by atoms with Gasteiger partial charge in [0.2, 0.25) is 5.88 Å². The van der Waals surface area contributed by atoms with E-state index >= 15 is 0 Å². The van der Waals surface area contributed by atoms with Crippen LogP contribution in [-0.4, -0.2) is 30.9 Å². The highest BCUT2D eigenvalue weighted by atomic mass is 32.2. The van der Waals surface area contributed by atoms with Crippen LogP contribution >= 0.6 is 0 Å². The van der Waals surface area contributed by atoms with Gasteiger partial charge in [-0.2, -0.15) is 8.42 Å². The van der Waals surface area contributed by atoms with E-state index < -0.39 is 21.8 Å². The Bertz CT molecular complexity index is 943. The zero-order valence-electron chi connectivity index (χ0n) is 13.5. The van der Waals surface area contributed by atoms with E-state index in [0.717, 1.165) is 11.8 Å².